The lowest BCUT2D eigenvalue weighted by molar-refractivity contribution is 0.102. The Hall–Kier alpha value is -3.40. The molecule has 134 valence electrons. The van der Waals surface area contributed by atoms with E-state index in [4.69, 9.17) is 4.52 Å². The van der Waals surface area contributed by atoms with Crippen molar-refractivity contribution in [3.05, 3.63) is 82.9 Å². The summed E-state index contributed by atoms with van der Waals surface area (Å²) < 4.78 is 5.54. The highest BCUT2D eigenvalue weighted by Crippen LogP contribution is 2.29. The van der Waals surface area contributed by atoms with Gasteiger partial charge < -0.3 is 9.84 Å². The molecule has 3 aromatic carbocycles. The van der Waals surface area contributed by atoms with E-state index in [2.05, 4.69) is 16.5 Å². The zero-order valence-electron chi connectivity index (χ0n) is 15.5. The van der Waals surface area contributed by atoms with Crippen molar-refractivity contribution in [3.63, 3.8) is 0 Å². The molecule has 1 aromatic heterocycles. The zero-order valence-corrected chi connectivity index (χ0v) is 15.5. The number of rotatable bonds is 3. The maximum atomic E-state index is 12.7. The summed E-state index contributed by atoms with van der Waals surface area (Å²) in [5.74, 6) is 0.518. The smallest absolute Gasteiger partial charge is 0.255 e. The second kappa shape index (κ2) is 6.72. The minimum absolute atomic E-state index is 0.155. The van der Waals surface area contributed by atoms with Crippen molar-refractivity contribution >= 4 is 22.5 Å². The molecular weight excluding hydrogens is 336 g/mol. The molecule has 0 radical (unpaired) electrons. The van der Waals surface area contributed by atoms with Gasteiger partial charge in [-0.2, -0.15) is 0 Å². The summed E-state index contributed by atoms with van der Waals surface area (Å²) >= 11 is 0. The number of fused-ring (bicyclic) bond motifs is 1. The van der Waals surface area contributed by atoms with Gasteiger partial charge in [-0.3, -0.25) is 4.79 Å². The van der Waals surface area contributed by atoms with E-state index in [1.807, 2.05) is 69.3 Å². The van der Waals surface area contributed by atoms with Gasteiger partial charge in [0, 0.05) is 16.8 Å². The molecule has 0 aliphatic carbocycles. The van der Waals surface area contributed by atoms with Crippen molar-refractivity contribution in [2.45, 2.75) is 20.8 Å². The van der Waals surface area contributed by atoms with Crippen LogP contribution in [0.1, 0.15) is 27.0 Å². The Morgan fingerprint density at radius 3 is 2.26 bits per heavy atom. The molecule has 0 atom stereocenters. The molecule has 1 N–H and O–H groups in total. The number of hydrogen-bond donors (Lipinski definition) is 1. The third-order valence-corrected chi connectivity index (χ3v) is 4.53. The van der Waals surface area contributed by atoms with Gasteiger partial charge in [-0.15, -0.1) is 0 Å². The van der Waals surface area contributed by atoms with Crippen molar-refractivity contribution in [1.29, 1.82) is 0 Å². The molecule has 1 amide bonds. The molecule has 4 aromatic rings. The minimum Gasteiger partial charge on any atom is -0.355 e. The molecule has 0 unspecified atom stereocenters. The highest BCUT2D eigenvalue weighted by molar-refractivity contribution is 6.07. The Bertz CT molecular complexity index is 1120. The van der Waals surface area contributed by atoms with E-state index in [0.29, 0.717) is 11.3 Å². The molecule has 0 fully saturated rings. The second-order valence-corrected chi connectivity index (χ2v) is 6.94. The fraction of sp³-hybridized carbons (Fsp3) is 0.130. The molecular formula is C23H20N2O2. The number of benzene rings is 3. The number of carbonyl (C=O) groups excluding carboxylic acids is 1. The van der Waals surface area contributed by atoms with Gasteiger partial charge in [0.15, 0.2) is 5.76 Å². The normalized spacial score (nSPS) is 10.9. The topological polar surface area (TPSA) is 55.1 Å². The quantitative estimate of drug-likeness (QED) is 0.514. The Morgan fingerprint density at radius 1 is 0.852 bits per heavy atom. The van der Waals surface area contributed by atoms with Crippen LogP contribution in [0, 0.1) is 20.8 Å². The average Bonchev–Trinajstić information content (AvgIpc) is 3.04. The molecule has 0 spiro atoms. The van der Waals surface area contributed by atoms with Crippen LogP contribution < -0.4 is 5.32 Å². The largest absolute Gasteiger partial charge is 0.355 e. The van der Waals surface area contributed by atoms with E-state index in [1.54, 1.807) is 6.07 Å². The van der Waals surface area contributed by atoms with Crippen LogP contribution in [0.3, 0.4) is 0 Å². The first-order valence-corrected chi connectivity index (χ1v) is 8.86. The third kappa shape index (κ3) is 3.47. The molecule has 0 saturated carbocycles. The maximum absolute atomic E-state index is 12.7. The fourth-order valence-electron chi connectivity index (χ4n) is 3.25. The third-order valence-electron chi connectivity index (χ3n) is 4.53. The SMILES string of the molecule is Cc1ccc(-c2onc3ccc(C(=O)Nc4cc(C)cc(C)c4)cc23)cc1. The molecule has 0 saturated heterocycles. The van der Waals surface area contributed by atoms with Crippen LogP contribution in [-0.4, -0.2) is 11.1 Å². The first kappa shape index (κ1) is 17.0. The molecule has 4 heteroatoms. The number of nitrogens with one attached hydrogen (secondary N) is 1. The lowest BCUT2D eigenvalue weighted by atomic mass is 10.0. The van der Waals surface area contributed by atoms with Crippen molar-refractivity contribution in [2.24, 2.45) is 0 Å². The zero-order chi connectivity index (χ0) is 19.0. The van der Waals surface area contributed by atoms with Gasteiger partial charge in [-0.25, -0.2) is 0 Å². The first-order chi connectivity index (χ1) is 13.0. The summed E-state index contributed by atoms with van der Waals surface area (Å²) in [6, 6.07) is 19.5. The molecule has 4 rings (SSSR count). The Kier molecular flexibility index (Phi) is 4.24. The summed E-state index contributed by atoms with van der Waals surface area (Å²) in [5.41, 5.74) is 6.43. The Labute approximate surface area is 157 Å². The molecule has 0 aliphatic heterocycles. The minimum atomic E-state index is -0.155. The van der Waals surface area contributed by atoms with Crippen molar-refractivity contribution in [1.82, 2.24) is 5.16 Å². The summed E-state index contributed by atoms with van der Waals surface area (Å²) in [5, 5.41) is 7.92. The lowest BCUT2D eigenvalue weighted by Gasteiger charge is -2.08. The van der Waals surface area contributed by atoms with Crippen molar-refractivity contribution < 1.29 is 9.32 Å². The second-order valence-electron chi connectivity index (χ2n) is 6.94. The number of carbonyl (C=O) groups is 1. The van der Waals surface area contributed by atoms with Gasteiger partial charge in [-0.05, 0) is 62.2 Å². The van der Waals surface area contributed by atoms with Gasteiger partial charge in [0.05, 0.1) is 5.39 Å². The highest BCUT2D eigenvalue weighted by atomic mass is 16.5. The van der Waals surface area contributed by atoms with Crippen LogP contribution in [0.4, 0.5) is 5.69 Å². The summed E-state index contributed by atoms with van der Waals surface area (Å²) in [4.78, 5) is 12.7. The average molecular weight is 356 g/mol. The van der Waals surface area contributed by atoms with Gasteiger partial charge in [0.25, 0.3) is 5.91 Å². The van der Waals surface area contributed by atoms with E-state index < -0.39 is 0 Å². The molecule has 0 aliphatic rings. The van der Waals surface area contributed by atoms with Crippen molar-refractivity contribution in [3.8, 4) is 11.3 Å². The molecule has 0 bridgehead atoms. The molecule has 27 heavy (non-hydrogen) atoms. The van der Waals surface area contributed by atoms with Crippen LogP contribution in [0.25, 0.3) is 22.2 Å². The Morgan fingerprint density at radius 2 is 1.56 bits per heavy atom. The van der Waals surface area contributed by atoms with E-state index in [-0.39, 0.29) is 5.91 Å². The number of aromatic nitrogens is 1. The van der Waals surface area contributed by atoms with Crippen LogP contribution >= 0.6 is 0 Å². The van der Waals surface area contributed by atoms with Gasteiger partial charge >= 0.3 is 0 Å². The van der Waals surface area contributed by atoms with E-state index in [9.17, 15) is 4.79 Å². The van der Waals surface area contributed by atoms with Crippen molar-refractivity contribution in [2.75, 3.05) is 5.32 Å². The highest BCUT2D eigenvalue weighted by Gasteiger charge is 2.14. The number of hydrogen-bond acceptors (Lipinski definition) is 3. The summed E-state index contributed by atoms with van der Waals surface area (Å²) in [6.45, 7) is 6.07. The van der Waals surface area contributed by atoms with Crippen LogP contribution in [0.2, 0.25) is 0 Å². The Balaban J connectivity index is 1.69. The van der Waals surface area contributed by atoms with Gasteiger partial charge in [0.2, 0.25) is 0 Å². The van der Waals surface area contributed by atoms with Crippen LogP contribution in [0.15, 0.2) is 65.2 Å². The fourth-order valence-corrected chi connectivity index (χ4v) is 3.25. The number of aryl methyl sites for hydroxylation is 3. The molecule has 1 heterocycles. The van der Waals surface area contributed by atoms with E-state index in [0.717, 1.165) is 33.3 Å². The lowest BCUT2D eigenvalue weighted by Crippen LogP contribution is -2.12. The number of nitrogens with zero attached hydrogens (tertiary/aromatic N) is 1. The number of anilines is 1. The van der Waals surface area contributed by atoms with Crippen LogP contribution in [-0.2, 0) is 0 Å². The standard InChI is InChI=1S/C23H20N2O2/c1-14-4-6-17(7-5-14)22-20-13-18(8-9-21(20)25-27-22)23(26)24-19-11-15(2)10-16(3)12-19/h4-13H,1-3H3,(H,24,26). The predicted molar refractivity (Wildman–Crippen MR) is 108 cm³/mol. The summed E-state index contributed by atoms with van der Waals surface area (Å²) in [6.07, 6.45) is 0. The first-order valence-electron chi connectivity index (χ1n) is 8.86. The molecule has 4 nitrogen and oxygen atoms in total. The maximum Gasteiger partial charge on any atom is 0.255 e. The van der Waals surface area contributed by atoms with Crippen LogP contribution in [0.5, 0.6) is 0 Å². The summed E-state index contributed by atoms with van der Waals surface area (Å²) in [7, 11) is 0. The monoisotopic (exact) mass is 356 g/mol. The van der Waals surface area contributed by atoms with E-state index >= 15 is 0 Å². The number of amides is 1. The predicted octanol–water partition coefficient (Wildman–Crippen LogP) is 5.67. The van der Waals surface area contributed by atoms with Gasteiger partial charge in [-0.1, -0.05) is 41.1 Å². The van der Waals surface area contributed by atoms with E-state index in [1.165, 1.54) is 5.56 Å². The van der Waals surface area contributed by atoms with Gasteiger partial charge in [0.1, 0.15) is 5.52 Å².